The molecule has 0 aliphatic rings. The zero-order valence-electron chi connectivity index (χ0n) is 29.7. The standard InChI is InChI=1S/C26H21N2S2.C15H28O2.Ir/c1-26(2,3)21-14-18(13-17-7-4-5-9-19(17)21)22-24(29)23(28-15-27-22)20-10-6-8-16-11-12-30-25(16)20;1-7-14(5,8-2)12(16)11-13(17)15(6,9-3)10-4;/h4-12,14-15,29H,1-3H3;11,16H,7-10H2,1-6H3;/q-1;;/b;12-11-;. The van der Waals surface area contributed by atoms with Crippen molar-refractivity contribution in [3.8, 4) is 22.5 Å². The van der Waals surface area contributed by atoms with Gasteiger partial charge in [-0.15, -0.1) is 53.1 Å². The Morgan fingerprint density at radius 2 is 1.50 bits per heavy atom. The van der Waals surface area contributed by atoms with Crippen molar-refractivity contribution in [2.45, 2.75) is 98.3 Å². The number of aromatic nitrogens is 2. The molecule has 0 unspecified atom stereocenters. The number of benzene rings is 3. The molecular weight excluding hydrogens is 809 g/mol. The molecule has 4 nitrogen and oxygen atoms in total. The van der Waals surface area contributed by atoms with Gasteiger partial charge >= 0.3 is 0 Å². The van der Waals surface area contributed by atoms with E-state index in [1.807, 2.05) is 41.5 Å². The van der Waals surface area contributed by atoms with Gasteiger partial charge in [0.25, 0.3) is 0 Å². The van der Waals surface area contributed by atoms with E-state index in [2.05, 4.69) is 96.8 Å². The van der Waals surface area contributed by atoms with E-state index in [1.165, 1.54) is 27.1 Å². The number of nitrogens with zero attached hydrogens (tertiary/aromatic N) is 2. The number of rotatable bonds is 9. The number of aliphatic hydroxyl groups excluding tert-OH is 1. The van der Waals surface area contributed by atoms with Gasteiger partial charge in [-0.1, -0.05) is 110 Å². The maximum Gasteiger partial charge on any atom is 0.164 e. The van der Waals surface area contributed by atoms with E-state index in [0.717, 1.165) is 58.5 Å². The second-order valence-electron chi connectivity index (χ2n) is 13.9. The van der Waals surface area contributed by atoms with Gasteiger partial charge in [0.15, 0.2) is 5.78 Å². The maximum atomic E-state index is 12.2. The molecule has 0 spiro atoms. The summed E-state index contributed by atoms with van der Waals surface area (Å²) in [6.07, 6.45) is 6.39. The Morgan fingerprint density at radius 1 is 0.875 bits per heavy atom. The number of ketones is 1. The largest absolute Gasteiger partial charge is 0.512 e. The summed E-state index contributed by atoms with van der Waals surface area (Å²) in [4.78, 5) is 22.2. The molecular formula is C41H49IrN2O2S2-. The summed E-state index contributed by atoms with van der Waals surface area (Å²) < 4.78 is 1.22. The van der Waals surface area contributed by atoms with Crippen LogP contribution in [0.5, 0.6) is 0 Å². The maximum absolute atomic E-state index is 12.2. The van der Waals surface area contributed by atoms with Crippen LogP contribution in [0.2, 0.25) is 0 Å². The number of carbonyl (C=O) groups excluding carboxylic acids is 1. The zero-order valence-corrected chi connectivity index (χ0v) is 33.8. The van der Waals surface area contributed by atoms with Gasteiger partial charge in [0, 0.05) is 57.9 Å². The number of thiophene rings is 1. The first-order valence-electron chi connectivity index (χ1n) is 16.6. The number of fused-ring (bicyclic) bond motifs is 2. The van der Waals surface area contributed by atoms with Crippen molar-refractivity contribution in [1.29, 1.82) is 0 Å². The number of hydrogen-bond donors (Lipinski definition) is 2. The van der Waals surface area contributed by atoms with Gasteiger partial charge in [0.2, 0.25) is 0 Å². The minimum Gasteiger partial charge on any atom is -0.512 e. The van der Waals surface area contributed by atoms with E-state index < -0.39 is 0 Å². The Hall–Kier alpha value is -2.83. The van der Waals surface area contributed by atoms with Crippen LogP contribution >= 0.6 is 24.0 Å². The van der Waals surface area contributed by atoms with Crippen molar-refractivity contribution in [2.24, 2.45) is 10.8 Å². The summed E-state index contributed by atoms with van der Waals surface area (Å²) in [5.74, 6) is 0.286. The fourth-order valence-electron chi connectivity index (χ4n) is 5.61. The van der Waals surface area contributed by atoms with Gasteiger partial charge in [0.1, 0.15) is 12.1 Å². The minimum atomic E-state index is -0.337. The summed E-state index contributed by atoms with van der Waals surface area (Å²) in [6.45, 7) is 18.8. The van der Waals surface area contributed by atoms with Gasteiger partial charge in [0.05, 0.1) is 5.69 Å². The summed E-state index contributed by atoms with van der Waals surface area (Å²) in [7, 11) is 0. The van der Waals surface area contributed by atoms with Crippen LogP contribution in [0, 0.1) is 16.9 Å². The zero-order chi connectivity index (χ0) is 34.6. The fraction of sp³-hybridized carbons (Fsp3) is 0.390. The summed E-state index contributed by atoms with van der Waals surface area (Å²) >= 11 is 6.63. The molecule has 0 bridgehead atoms. The van der Waals surface area contributed by atoms with Crippen LogP contribution < -0.4 is 0 Å². The van der Waals surface area contributed by atoms with Crippen LogP contribution in [0.3, 0.4) is 0 Å². The molecule has 0 atom stereocenters. The van der Waals surface area contributed by atoms with Crippen LogP contribution in [0.1, 0.15) is 93.6 Å². The Bertz CT molecular complexity index is 1900. The molecule has 0 fully saturated rings. The molecule has 5 aromatic rings. The average Bonchev–Trinajstić information content (AvgIpc) is 3.56. The predicted molar refractivity (Wildman–Crippen MR) is 204 cm³/mol. The summed E-state index contributed by atoms with van der Waals surface area (Å²) in [6, 6.07) is 22.6. The third-order valence-corrected chi connectivity index (χ3v) is 11.4. The molecule has 257 valence electrons. The second-order valence-corrected chi connectivity index (χ2v) is 15.2. The number of thiol groups is 1. The van der Waals surface area contributed by atoms with E-state index in [1.54, 1.807) is 17.7 Å². The van der Waals surface area contributed by atoms with E-state index in [0.29, 0.717) is 0 Å². The molecule has 1 N–H and O–H groups in total. The van der Waals surface area contributed by atoms with E-state index in [4.69, 9.17) is 12.6 Å². The molecule has 5 rings (SSSR count). The van der Waals surface area contributed by atoms with Crippen LogP contribution in [0.25, 0.3) is 43.4 Å². The van der Waals surface area contributed by atoms with Crippen LogP contribution in [-0.2, 0) is 30.3 Å². The molecule has 2 aromatic heterocycles. The SMILES string of the molecule is CC(C)(C)c1cc(-c2ncnc(-c3cccc4ccsc34)c2S)[c-]c2ccccc12.CCC(C)(CC)C(=O)/C=C(\O)C(C)(CC)CC.[Ir]. The normalized spacial score (nSPS) is 12.4. The smallest absolute Gasteiger partial charge is 0.164 e. The van der Waals surface area contributed by atoms with Crippen molar-refractivity contribution in [2.75, 3.05) is 0 Å². The molecule has 48 heavy (non-hydrogen) atoms. The minimum absolute atomic E-state index is 0. The fourth-order valence-corrected chi connectivity index (χ4v) is 6.89. The van der Waals surface area contributed by atoms with Crippen LogP contribution in [-0.4, -0.2) is 20.9 Å². The predicted octanol–water partition coefficient (Wildman–Crippen LogP) is 12.2. The third kappa shape index (κ3) is 8.30. The quantitative estimate of drug-likeness (QED) is 0.0671. The van der Waals surface area contributed by atoms with Gasteiger partial charge < -0.3 is 5.11 Å². The topological polar surface area (TPSA) is 63.1 Å². The van der Waals surface area contributed by atoms with Gasteiger partial charge in [-0.25, -0.2) is 4.98 Å². The average molecular weight is 858 g/mol. The first-order valence-corrected chi connectivity index (χ1v) is 18.0. The van der Waals surface area contributed by atoms with Crippen LogP contribution in [0.4, 0.5) is 0 Å². The Morgan fingerprint density at radius 3 is 2.12 bits per heavy atom. The number of carbonyl (C=O) groups is 1. The molecule has 0 aliphatic carbocycles. The molecule has 0 saturated carbocycles. The summed E-state index contributed by atoms with van der Waals surface area (Å²) in [5, 5.41) is 15.8. The first-order chi connectivity index (χ1) is 22.2. The molecule has 2 heterocycles. The molecule has 7 heteroatoms. The van der Waals surface area contributed by atoms with Crippen molar-refractivity contribution in [3.05, 3.63) is 89.8 Å². The number of hydrogen-bond acceptors (Lipinski definition) is 6. The monoisotopic (exact) mass is 858 g/mol. The summed E-state index contributed by atoms with van der Waals surface area (Å²) in [5.41, 5.74) is 4.38. The third-order valence-electron chi connectivity index (χ3n) is 10.00. The van der Waals surface area contributed by atoms with Crippen molar-refractivity contribution in [1.82, 2.24) is 9.97 Å². The Balaban J connectivity index is 0.000000301. The molecule has 0 aliphatic heterocycles. The second kappa shape index (κ2) is 16.3. The van der Waals surface area contributed by atoms with Crippen molar-refractivity contribution < 1.29 is 30.0 Å². The van der Waals surface area contributed by atoms with E-state index >= 15 is 0 Å². The molecule has 3 aromatic carbocycles. The van der Waals surface area contributed by atoms with Gasteiger partial charge in [-0.2, -0.15) is 0 Å². The molecule has 0 saturated heterocycles. The van der Waals surface area contributed by atoms with Crippen molar-refractivity contribution in [3.63, 3.8) is 0 Å². The number of allylic oxidation sites excluding steroid dienone is 2. The van der Waals surface area contributed by atoms with Crippen LogP contribution in [0.15, 0.2) is 83.0 Å². The van der Waals surface area contributed by atoms with Crippen molar-refractivity contribution >= 4 is 50.6 Å². The Kier molecular flexibility index (Phi) is 13.4. The Labute approximate surface area is 310 Å². The first kappa shape index (κ1) is 39.6. The van der Waals surface area contributed by atoms with Gasteiger partial charge in [-0.3, -0.25) is 9.78 Å². The van der Waals surface area contributed by atoms with Gasteiger partial charge in [-0.05, 0) is 47.9 Å². The molecule has 0 amide bonds. The molecule has 1 radical (unpaired) electrons. The van der Waals surface area contributed by atoms with E-state index in [9.17, 15) is 9.90 Å². The number of aliphatic hydroxyl groups is 1. The van der Waals surface area contributed by atoms with E-state index in [-0.39, 0.29) is 47.9 Å².